The second kappa shape index (κ2) is 11.7. The number of amides is 1. The van der Waals surface area contributed by atoms with Crippen LogP contribution in [0.25, 0.3) is 0 Å². The molecule has 2 fully saturated rings. The Labute approximate surface area is 206 Å². The quantitative estimate of drug-likeness (QED) is 0.586. The first-order valence-electron chi connectivity index (χ1n) is 13.5. The summed E-state index contributed by atoms with van der Waals surface area (Å²) in [6, 6.07) is 9.77. The number of hydrogen-bond donors (Lipinski definition) is 1. The number of ether oxygens (including phenoxy) is 1. The molecule has 0 bridgehead atoms. The molecule has 2 saturated heterocycles. The van der Waals surface area contributed by atoms with Gasteiger partial charge in [0.05, 0.1) is 0 Å². The molecule has 4 atom stereocenters. The topological polar surface area (TPSA) is 57.2 Å². The molecule has 0 radical (unpaired) electrons. The van der Waals surface area contributed by atoms with E-state index in [2.05, 4.69) is 54.9 Å². The van der Waals surface area contributed by atoms with E-state index in [1.807, 2.05) is 12.1 Å². The lowest BCUT2D eigenvalue weighted by Gasteiger charge is -2.39. The van der Waals surface area contributed by atoms with E-state index in [-0.39, 0.29) is 24.0 Å². The predicted molar refractivity (Wildman–Crippen MR) is 138 cm³/mol. The fourth-order valence-corrected chi connectivity index (χ4v) is 5.85. The van der Waals surface area contributed by atoms with Crippen molar-refractivity contribution in [3.8, 4) is 0 Å². The Balaban J connectivity index is 1.17. The molecule has 1 amide bonds. The van der Waals surface area contributed by atoms with Gasteiger partial charge in [-0.3, -0.25) is 9.69 Å². The van der Waals surface area contributed by atoms with E-state index in [0.717, 1.165) is 63.4 Å². The van der Waals surface area contributed by atoms with Gasteiger partial charge in [0.25, 0.3) is 0 Å². The summed E-state index contributed by atoms with van der Waals surface area (Å²) in [5, 5.41) is 3.22. The number of nitrogens with zero attached hydrogens (tertiary/aromatic N) is 3. The molecular formula is C28H44N4O2. The van der Waals surface area contributed by atoms with Crippen molar-refractivity contribution in [1.82, 2.24) is 15.1 Å². The molecule has 1 N–H and O–H groups in total. The molecule has 0 aliphatic carbocycles. The molecule has 1 aromatic carbocycles. The minimum atomic E-state index is 0.0842. The molecule has 188 valence electrons. The first-order chi connectivity index (χ1) is 16.4. The zero-order valence-corrected chi connectivity index (χ0v) is 21.6. The Morgan fingerprint density at radius 3 is 2.50 bits per heavy atom. The smallest absolute Gasteiger partial charge is 0.223 e. The number of aryl methyl sites for hydroxylation is 1. The highest BCUT2D eigenvalue weighted by Crippen LogP contribution is 2.24. The summed E-state index contributed by atoms with van der Waals surface area (Å²) in [5.74, 6) is 1.17. The van der Waals surface area contributed by atoms with E-state index in [1.54, 1.807) is 0 Å². The maximum atomic E-state index is 12.7. The third-order valence-corrected chi connectivity index (χ3v) is 8.17. The maximum absolute atomic E-state index is 12.7. The van der Waals surface area contributed by atoms with Crippen molar-refractivity contribution in [2.24, 2.45) is 10.9 Å². The molecule has 3 aliphatic rings. The number of rotatable bonds is 8. The number of aliphatic imine (C=N–C) groups is 1. The summed E-state index contributed by atoms with van der Waals surface area (Å²) in [6.07, 6.45) is 6.95. The van der Waals surface area contributed by atoms with Gasteiger partial charge in [-0.15, -0.1) is 0 Å². The Bertz CT molecular complexity index is 839. The summed E-state index contributed by atoms with van der Waals surface area (Å²) in [5.41, 5.74) is 2.29. The highest BCUT2D eigenvalue weighted by atomic mass is 16.5. The van der Waals surface area contributed by atoms with Gasteiger partial charge >= 0.3 is 0 Å². The van der Waals surface area contributed by atoms with Crippen LogP contribution in [0.15, 0.2) is 29.3 Å². The Morgan fingerprint density at radius 2 is 1.79 bits per heavy atom. The molecule has 34 heavy (non-hydrogen) atoms. The van der Waals surface area contributed by atoms with Crippen molar-refractivity contribution in [3.63, 3.8) is 0 Å². The molecule has 2 unspecified atom stereocenters. The van der Waals surface area contributed by atoms with Gasteiger partial charge in [-0.2, -0.15) is 0 Å². The number of hydrogen-bond acceptors (Lipinski definition) is 5. The number of nitrogens with one attached hydrogen (secondary N) is 1. The molecule has 6 heteroatoms. The monoisotopic (exact) mass is 468 g/mol. The van der Waals surface area contributed by atoms with Gasteiger partial charge < -0.3 is 15.0 Å². The van der Waals surface area contributed by atoms with Gasteiger partial charge in [0.1, 0.15) is 12.1 Å². The van der Waals surface area contributed by atoms with Crippen LogP contribution in [0, 0.1) is 12.8 Å². The lowest BCUT2D eigenvalue weighted by Crippen LogP contribution is -2.46. The summed E-state index contributed by atoms with van der Waals surface area (Å²) < 4.78 is 6.11. The van der Waals surface area contributed by atoms with Crippen LogP contribution in [0.1, 0.15) is 70.4 Å². The van der Waals surface area contributed by atoms with Crippen LogP contribution in [0.3, 0.4) is 0 Å². The lowest BCUT2D eigenvalue weighted by atomic mass is 9.95. The van der Waals surface area contributed by atoms with Gasteiger partial charge in [-0.05, 0) is 84.5 Å². The van der Waals surface area contributed by atoms with Crippen molar-refractivity contribution >= 4 is 11.8 Å². The van der Waals surface area contributed by atoms with E-state index in [1.165, 1.54) is 24.8 Å². The average Bonchev–Trinajstić information content (AvgIpc) is 3.18. The zero-order valence-electron chi connectivity index (χ0n) is 21.6. The Hall–Kier alpha value is -1.92. The molecule has 3 heterocycles. The molecule has 0 spiro atoms. The van der Waals surface area contributed by atoms with Gasteiger partial charge in [-0.1, -0.05) is 24.6 Å². The number of carbonyl (C=O) groups is 1. The SMILES string of the molecule is Cc1ccccc1C1=NC(CN2CCC(C(=O)NCCCN3[C@H](C)CCC[C@@H]3C)CC2)C(C)O1. The van der Waals surface area contributed by atoms with E-state index >= 15 is 0 Å². The second-order valence-corrected chi connectivity index (χ2v) is 10.7. The summed E-state index contributed by atoms with van der Waals surface area (Å²) in [4.78, 5) is 22.7. The molecular weight excluding hydrogens is 424 g/mol. The lowest BCUT2D eigenvalue weighted by molar-refractivity contribution is -0.126. The highest BCUT2D eigenvalue weighted by molar-refractivity contribution is 5.96. The zero-order chi connectivity index (χ0) is 24.1. The van der Waals surface area contributed by atoms with Gasteiger partial charge in [-0.25, -0.2) is 4.99 Å². The third-order valence-electron chi connectivity index (χ3n) is 8.17. The summed E-state index contributed by atoms with van der Waals surface area (Å²) in [7, 11) is 0. The van der Waals surface area contributed by atoms with Crippen LogP contribution in [0.5, 0.6) is 0 Å². The van der Waals surface area contributed by atoms with E-state index in [4.69, 9.17) is 9.73 Å². The van der Waals surface area contributed by atoms with Gasteiger partial charge in [0, 0.05) is 43.2 Å². The van der Waals surface area contributed by atoms with Crippen molar-refractivity contribution in [1.29, 1.82) is 0 Å². The molecule has 1 aromatic rings. The van der Waals surface area contributed by atoms with Crippen LogP contribution < -0.4 is 5.32 Å². The van der Waals surface area contributed by atoms with Crippen LogP contribution in [-0.2, 0) is 9.53 Å². The molecule has 4 rings (SSSR count). The van der Waals surface area contributed by atoms with E-state index in [9.17, 15) is 4.79 Å². The summed E-state index contributed by atoms with van der Waals surface area (Å²) in [6.45, 7) is 13.6. The van der Waals surface area contributed by atoms with Crippen LogP contribution in [0.2, 0.25) is 0 Å². The third kappa shape index (κ3) is 6.19. The van der Waals surface area contributed by atoms with Crippen LogP contribution in [-0.4, -0.2) is 78.6 Å². The first-order valence-corrected chi connectivity index (χ1v) is 13.5. The van der Waals surface area contributed by atoms with E-state index in [0.29, 0.717) is 12.1 Å². The van der Waals surface area contributed by atoms with Crippen molar-refractivity contribution in [2.75, 3.05) is 32.7 Å². The number of likely N-dealkylation sites (tertiary alicyclic amines) is 2. The van der Waals surface area contributed by atoms with Crippen molar-refractivity contribution in [3.05, 3.63) is 35.4 Å². The fraction of sp³-hybridized carbons (Fsp3) is 0.714. The van der Waals surface area contributed by atoms with Gasteiger partial charge in [0.2, 0.25) is 11.8 Å². The summed E-state index contributed by atoms with van der Waals surface area (Å²) >= 11 is 0. The van der Waals surface area contributed by atoms with Crippen LogP contribution in [0.4, 0.5) is 0 Å². The molecule has 3 aliphatic heterocycles. The first kappa shape index (κ1) is 25.2. The average molecular weight is 469 g/mol. The number of carbonyl (C=O) groups excluding carboxylic acids is 1. The fourth-order valence-electron chi connectivity index (χ4n) is 5.85. The highest BCUT2D eigenvalue weighted by Gasteiger charge is 2.32. The molecule has 0 aromatic heterocycles. The Kier molecular flexibility index (Phi) is 8.65. The normalized spacial score (nSPS) is 29.0. The van der Waals surface area contributed by atoms with Crippen molar-refractivity contribution < 1.29 is 9.53 Å². The standard InChI is InChI=1S/C28H44N4O2/c1-20-9-5-6-12-25(20)28-30-26(23(4)34-28)19-31-17-13-24(14-18-31)27(33)29-15-8-16-32-21(2)10-7-11-22(32)3/h5-6,9,12,21-24,26H,7-8,10-11,13-19H2,1-4H3,(H,29,33)/t21-,22+,23?,26?. The Morgan fingerprint density at radius 1 is 1.09 bits per heavy atom. The second-order valence-electron chi connectivity index (χ2n) is 10.7. The minimum Gasteiger partial charge on any atom is -0.472 e. The minimum absolute atomic E-state index is 0.0842. The van der Waals surface area contributed by atoms with E-state index < -0.39 is 0 Å². The maximum Gasteiger partial charge on any atom is 0.223 e. The number of benzene rings is 1. The largest absolute Gasteiger partial charge is 0.472 e. The van der Waals surface area contributed by atoms with Crippen molar-refractivity contribution in [2.45, 2.75) is 90.4 Å². The molecule has 6 nitrogen and oxygen atoms in total. The van der Waals surface area contributed by atoms with Crippen LogP contribution >= 0.6 is 0 Å². The molecule has 0 saturated carbocycles. The predicted octanol–water partition coefficient (Wildman–Crippen LogP) is 4.01. The van der Waals surface area contributed by atoms with Gasteiger partial charge in [0.15, 0.2) is 0 Å². The number of piperidine rings is 2.